The van der Waals surface area contributed by atoms with E-state index in [0.29, 0.717) is 37.3 Å². The first-order chi connectivity index (χ1) is 24.1. The quantitative estimate of drug-likeness (QED) is 0.153. The smallest absolute Gasteiger partial charge is 0.300 e. The minimum Gasteiger partial charge on any atom is -0.392 e. The lowest BCUT2D eigenvalue weighted by Crippen LogP contribution is -2.40. The van der Waals surface area contributed by atoms with Gasteiger partial charge in [0, 0.05) is 56.2 Å². The minimum atomic E-state index is -2.92. The largest absolute Gasteiger partial charge is 0.392 e. The Balaban J connectivity index is 0.000000296. The Hall–Kier alpha value is -4.81. The molecule has 2 amide bonds. The fraction of sp³-hybridized carbons (Fsp3) is 0.441. The molecule has 4 N–H and O–H groups in total. The number of sulfone groups is 2. The molecule has 15 nitrogen and oxygen atoms in total. The Morgan fingerprint density at radius 2 is 1.18 bits per heavy atom. The van der Waals surface area contributed by atoms with Crippen molar-refractivity contribution in [2.75, 3.05) is 78.6 Å². The van der Waals surface area contributed by atoms with Gasteiger partial charge in [0.05, 0.1) is 41.8 Å². The van der Waals surface area contributed by atoms with Crippen molar-refractivity contribution in [3.8, 4) is 0 Å². The van der Waals surface area contributed by atoms with Crippen LogP contribution in [-0.2, 0) is 29.3 Å². The van der Waals surface area contributed by atoms with Crippen LogP contribution in [0.2, 0.25) is 0 Å². The van der Waals surface area contributed by atoms with Crippen LogP contribution in [0.15, 0.2) is 54.2 Å². The number of carbonyl (C=O) groups excluding carboxylic acids is 3. The first-order valence-electron chi connectivity index (χ1n) is 16.0. The molecule has 0 aliphatic carbocycles. The van der Waals surface area contributed by atoms with Crippen molar-refractivity contribution < 1.29 is 41.4 Å². The van der Waals surface area contributed by atoms with Crippen LogP contribution in [-0.4, -0.2) is 126 Å². The van der Waals surface area contributed by atoms with Crippen molar-refractivity contribution in [1.82, 2.24) is 10.6 Å². The van der Waals surface area contributed by atoms with Crippen molar-refractivity contribution in [2.24, 2.45) is 0 Å². The molecule has 4 rings (SSSR count). The van der Waals surface area contributed by atoms with Crippen LogP contribution in [0.5, 0.6) is 0 Å². The Kier molecular flexibility index (Phi) is 17.2. The maximum atomic E-state index is 11.9. The predicted octanol–water partition coefficient (Wildman–Crippen LogP) is 0.815. The number of aliphatic hydroxyl groups is 2. The molecule has 0 aromatic heterocycles. The number of benzene rings is 2. The lowest BCUT2D eigenvalue weighted by molar-refractivity contribution is -0.119. The summed E-state index contributed by atoms with van der Waals surface area (Å²) in [6, 6.07) is 14.4. The third-order valence-corrected chi connectivity index (χ3v) is 10.6. The van der Waals surface area contributed by atoms with E-state index in [2.05, 4.69) is 20.3 Å². The zero-order valence-electron chi connectivity index (χ0n) is 28.6. The minimum absolute atomic E-state index is 0.0579. The standard InChI is InChI=1S/C17H21N3O4S.C11H13NO3S.C6H10N2O2/c1-13(21)12-19-17(22)16(18-2)11-14-3-5-15(6-4-14)20-7-9-25(23,24)10-8-20;13-9-10-1-3-11(4-2-10)12-5-7-16(14,15)8-6-12;1-5(9)3-8-6(10)4-7-2/h3-6,11,13,21H,7-10,12H2,1H3,(H,19,22);1-4,9H,5-8H2;5,9H,3-4H2,1H3,(H,8,10)/b16-11-;;. The molecule has 2 aromatic rings. The van der Waals surface area contributed by atoms with E-state index in [4.69, 9.17) is 18.3 Å². The molecule has 2 aliphatic heterocycles. The van der Waals surface area contributed by atoms with Crippen molar-refractivity contribution in [2.45, 2.75) is 26.1 Å². The van der Waals surface area contributed by atoms with Crippen LogP contribution < -0.4 is 20.4 Å². The van der Waals surface area contributed by atoms with Gasteiger partial charge in [-0.2, -0.15) is 0 Å². The van der Waals surface area contributed by atoms with E-state index < -0.39 is 37.8 Å². The first kappa shape index (κ1) is 42.4. The van der Waals surface area contributed by atoms with Gasteiger partial charge in [-0.3, -0.25) is 14.4 Å². The van der Waals surface area contributed by atoms with Gasteiger partial charge in [-0.1, -0.05) is 12.1 Å². The molecule has 0 bridgehead atoms. The molecular weight excluding hydrogens is 701 g/mol. The highest BCUT2D eigenvalue weighted by Gasteiger charge is 2.22. The lowest BCUT2D eigenvalue weighted by atomic mass is 10.1. The number of nitrogens with one attached hydrogen (secondary N) is 2. The molecule has 17 heteroatoms. The number of nitrogens with zero attached hydrogens (tertiary/aromatic N) is 4. The number of carbonyl (C=O) groups is 3. The highest BCUT2D eigenvalue weighted by atomic mass is 32.2. The Labute approximate surface area is 299 Å². The molecule has 2 heterocycles. The Morgan fingerprint density at radius 3 is 1.55 bits per heavy atom. The second kappa shape index (κ2) is 20.8. The zero-order chi connectivity index (χ0) is 38.0. The number of anilines is 2. The third-order valence-electron chi connectivity index (χ3n) is 7.37. The number of hydrogen-bond donors (Lipinski definition) is 4. The molecule has 0 radical (unpaired) electrons. The molecule has 0 spiro atoms. The summed E-state index contributed by atoms with van der Waals surface area (Å²) >= 11 is 0. The van der Waals surface area contributed by atoms with Crippen LogP contribution in [0.25, 0.3) is 15.8 Å². The van der Waals surface area contributed by atoms with Gasteiger partial charge < -0.3 is 35.5 Å². The summed E-state index contributed by atoms with van der Waals surface area (Å²) in [6.45, 7) is 18.7. The van der Waals surface area contributed by atoms with Gasteiger partial charge in [0.1, 0.15) is 6.29 Å². The van der Waals surface area contributed by atoms with E-state index >= 15 is 0 Å². The molecule has 2 fully saturated rings. The highest BCUT2D eigenvalue weighted by Crippen LogP contribution is 2.20. The summed E-state index contributed by atoms with van der Waals surface area (Å²) < 4.78 is 45.5. The van der Waals surface area contributed by atoms with Crippen molar-refractivity contribution in [1.29, 1.82) is 0 Å². The summed E-state index contributed by atoms with van der Waals surface area (Å²) in [5.74, 6) is -0.137. The molecule has 276 valence electrons. The number of amides is 2. The van der Waals surface area contributed by atoms with Crippen LogP contribution in [0.3, 0.4) is 0 Å². The fourth-order valence-electron chi connectivity index (χ4n) is 4.51. The van der Waals surface area contributed by atoms with E-state index in [-0.39, 0.29) is 54.2 Å². The Morgan fingerprint density at radius 1 is 0.765 bits per heavy atom. The van der Waals surface area contributed by atoms with Crippen molar-refractivity contribution in [3.05, 3.63) is 88.2 Å². The monoisotopic (exact) mass is 744 g/mol. The first-order valence-corrected chi connectivity index (χ1v) is 19.6. The number of hydrogen-bond acceptors (Lipinski definition) is 11. The number of rotatable bonds is 10. The number of aliphatic hydroxyl groups excluding tert-OH is 2. The van der Waals surface area contributed by atoms with Crippen LogP contribution in [0.4, 0.5) is 11.4 Å². The maximum absolute atomic E-state index is 11.9. The molecule has 2 unspecified atom stereocenters. The highest BCUT2D eigenvalue weighted by molar-refractivity contribution is 7.91. The van der Waals surface area contributed by atoms with Crippen molar-refractivity contribution in [3.63, 3.8) is 0 Å². The summed E-state index contributed by atoms with van der Waals surface area (Å²) in [5.41, 5.74) is 3.16. The van der Waals surface area contributed by atoms with Crippen LogP contribution >= 0.6 is 0 Å². The Bertz CT molecular complexity index is 1770. The van der Waals surface area contributed by atoms with Gasteiger partial charge in [-0.15, -0.1) is 0 Å². The fourth-order valence-corrected chi connectivity index (χ4v) is 6.92. The van der Waals surface area contributed by atoms with Gasteiger partial charge in [-0.05, 0) is 61.9 Å². The van der Waals surface area contributed by atoms with E-state index in [9.17, 15) is 36.3 Å². The second-order valence-corrected chi connectivity index (χ2v) is 16.4. The van der Waals surface area contributed by atoms with Crippen molar-refractivity contribution >= 4 is 55.2 Å². The molecule has 2 aromatic carbocycles. The van der Waals surface area contributed by atoms with E-state index in [1.807, 2.05) is 34.1 Å². The zero-order valence-corrected chi connectivity index (χ0v) is 30.2. The second-order valence-electron chi connectivity index (χ2n) is 11.7. The SMILES string of the molecule is O=Cc1ccc(N2CCS(=O)(=O)CC2)cc1.[C-]#[N+]/C(=C\c1ccc(N2CCS(=O)(=O)CC2)cc1)C(=O)NCC(C)O.[C-]#[N+]CC(=O)NCC(C)O. The molecule has 2 atom stereocenters. The molecule has 2 aliphatic rings. The average molecular weight is 745 g/mol. The van der Waals surface area contributed by atoms with E-state index in [0.717, 1.165) is 17.7 Å². The third kappa shape index (κ3) is 16.2. The average Bonchev–Trinajstić information content (AvgIpc) is 3.10. The van der Waals surface area contributed by atoms with Gasteiger partial charge in [0.2, 0.25) is 5.91 Å². The van der Waals surface area contributed by atoms with Gasteiger partial charge in [0.25, 0.3) is 18.1 Å². The molecular formula is C34H44N6O9S2. The van der Waals surface area contributed by atoms with Crippen LogP contribution in [0, 0.1) is 13.1 Å². The van der Waals surface area contributed by atoms with E-state index in [1.165, 1.54) is 6.08 Å². The van der Waals surface area contributed by atoms with Crippen LogP contribution in [0.1, 0.15) is 29.8 Å². The molecule has 2 saturated heterocycles. The topological polar surface area (TPSA) is 199 Å². The maximum Gasteiger partial charge on any atom is 0.300 e. The predicted molar refractivity (Wildman–Crippen MR) is 195 cm³/mol. The summed E-state index contributed by atoms with van der Waals surface area (Å²) in [7, 11) is -5.75. The summed E-state index contributed by atoms with van der Waals surface area (Å²) in [6.07, 6.45) is 1.05. The molecule has 0 saturated carbocycles. The van der Waals surface area contributed by atoms with E-state index in [1.54, 1.807) is 38.1 Å². The summed E-state index contributed by atoms with van der Waals surface area (Å²) in [5, 5.41) is 22.7. The van der Waals surface area contributed by atoms with Gasteiger partial charge >= 0.3 is 0 Å². The number of aldehydes is 1. The summed E-state index contributed by atoms with van der Waals surface area (Å²) in [4.78, 5) is 43.0. The van der Waals surface area contributed by atoms with Gasteiger partial charge in [0.15, 0.2) is 19.7 Å². The molecule has 51 heavy (non-hydrogen) atoms. The normalized spacial score (nSPS) is 17.3. The lowest BCUT2D eigenvalue weighted by Gasteiger charge is -2.28. The van der Waals surface area contributed by atoms with Gasteiger partial charge in [-0.25, -0.2) is 28.3 Å².